The van der Waals surface area contributed by atoms with Gasteiger partial charge in [-0.05, 0) is 56.1 Å². The minimum atomic E-state index is -0.531. The number of aryl methyl sites for hydroxylation is 1. The van der Waals surface area contributed by atoms with Crippen LogP contribution in [-0.4, -0.2) is 46.5 Å². The van der Waals surface area contributed by atoms with E-state index in [1.807, 2.05) is 60.3 Å². The predicted molar refractivity (Wildman–Crippen MR) is 103 cm³/mol. The smallest absolute Gasteiger partial charge is 0.248 e. The van der Waals surface area contributed by atoms with Gasteiger partial charge in [-0.25, -0.2) is 5.48 Å². The highest BCUT2D eigenvalue weighted by Crippen LogP contribution is 2.37. The minimum Gasteiger partial charge on any atom is -0.341 e. The number of amides is 2. The SMILES string of the molecule is Cc1ccc(C2(C)CCN(C[C@@H](C(=O)NO)C3CCSCC3)C2=O)cc1. The van der Waals surface area contributed by atoms with Gasteiger partial charge in [-0.2, -0.15) is 11.8 Å². The summed E-state index contributed by atoms with van der Waals surface area (Å²) in [6, 6.07) is 8.15. The second-order valence-electron chi connectivity index (χ2n) is 7.73. The molecule has 2 N–H and O–H groups in total. The molecular formula is C20H28N2O3S. The normalized spacial score (nSPS) is 25.3. The molecule has 0 aliphatic carbocycles. The molecule has 1 aromatic rings. The van der Waals surface area contributed by atoms with E-state index in [9.17, 15) is 14.8 Å². The molecular weight excluding hydrogens is 348 g/mol. The van der Waals surface area contributed by atoms with Crippen molar-refractivity contribution in [1.29, 1.82) is 0 Å². The Morgan fingerprint density at radius 1 is 1.35 bits per heavy atom. The lowest BCUT2D eigenvalue weighted by atomic mass is 9.80. The van der Waals surface area contributed by atoms with Crippen molar-refractivity contribution in [3.05, 3.63) is 35.4 Å². The van der Waals surface area contributed by atoms with Crippen molar-refractivity contribution in [3.8, 4) is 0 Å². The summed E-state index contributed by atoms with van der Waals surface area (Å²) in [5.41, 5.74) is 3.51. The number of carbonyl (C=O) groups is 2. The molecule has 0 radical (unpaired) electrons. The Hall–Kier alpha value is -1.53. The van der Waals surface area contributed by atoms with E-state index in [0.717, 1.165) is 36.3 Å². The van der Waals surface area contributed by atoms with Crippen molar-refractivity contribution in [2.45, 2.75) is 38.5 Å². The van der Waals surface area contributed by atoms with Crippen LogP contribution >= 0.6 is 11.8 Å². The number of nitrogens with zero attached hydrogens (tertiary/aromatic N) is 1. The zero-order valence-electron chi connectivity index (χ0n) is 15.5. The maximum atomic E-state index is 13.2. The molecule has 1 unspecified atom stereocenters. The van der Waals surface area contributed by atoms with Crippen LogP contribution in [-0.2, 0) is 15.0 Å². The van der Waals surface area contributed by atoms with Gasteiger partial charge in [0.15, 0.2) is 0 Å². The van der Waals surface area contributed by atoms with Gasteiger partial charge in [-0.1, -0.05) is 29.8 Å². The standard InChI is InChI=1S/C20H28N2O3S/c1-14-3-5-16(6-4-14)20(2)9-10-22(19(20)24)13-17(18(23)21-25)15-7-11-26-12-8-15/h3-6,15,17,25H,7-13H2,1-2H3,(H,21,23)/t17-,20?/m1/s1. The molecule has 1 aromatic carbocycles. The Bertz CT molecular complexity index is 658. The molecule has 2 atom stereocenters. The van der Waals surface area contributed by atoms with Gasteiger partial charge in [0.2, 0.25) is 11.8 Å². The lowest BCUT2D eigenvalue weighted by Crippen LogP contribution is -2.45. The molecule has 0 saturated carbocycles. The molecule has 2 heterocycles. The summed E-state index contributed by atoms with van der Waals surface area (Å²) in [4.78, 5) is 27.3. The quantitative estimate of drug-likeness (QED) is 0.612. The molecule has 0 aromatic heterocycles. The molecule has 6 heteroatoms. The van der Waals surface area contributed by atoms with Crippen LogP contribution in [0.1, 0.15) is 37.3 Å². The van der Waals surface area contributed by atoms with Crippen LogP contribution < -0.4 is 5.48 Å². The maximum absolute atomic E-state index is 13.2. The van der Waals surface area contributed by atoms with Crippen LogP contribution in [0.2, 0.25) is 0 Å². The second-order valence-corrected chi connectivity index (χ2v) is 8.96. The lowest BCUT2D eigenvalue weighted by Gasteiger charge is -2.32. The molecule has 2 saturated heterocycles. The Labute approximate surface area is 159 Å². The first-order valence-electron chi connectivity index (χ1n) is 9.34. The number of benzene rings is 1. The molecule has 0 bridgehead atoms. The Balaban J connectivity index is 1.75. The van der Waals surface area contributed by atoms with E-state index in [2.05, 4.69) is 0 Å². The van der Waals surface area contributed by atoms with Gasteiger partial charge < -0.3 is 4.90 Å². The first-order valence-corrected chi connectivity index (χ1v) is 10.5. The van der Waals surface area contributed by atoms with E-state index in [1.165, 1.54) is 5.56 Å². The van der Waals surface area contributed by atoms with Gasteiger partial charge >= 0.3 is 0 Å². The van der Waals surface area contributed by atoms with Crippen molar-refractivity contribution in [1.82, 2.24) is 10.4 Å². The molecule has 0 spiro atoms. The molecule has 26 heavy (non-hydrogen) atoms. The highest BCUT2D eigenvalue weighted by atomic mass is 32.2. The monoisotopic (exact) mass is 376 g/mol. The van der Waals surface area contributed by atoms with E-state index < -0.39 is 5.41 Å². The van der Waals surface area contributed by atoms with Gasteiger partial charge in [0.1, 0.15) is 0 Å². The average Bonchev–Trinajstić information content (AvgIpc) is 2.96. The van der Waals surface area contributed by atoms with Crippen LogP contribution in [0.5, 0.6) is 0 Å². The summed E-state index contributed by atoms with van der Waals surface area (Å²) < 4.78 is 0. The minimum absolute atomic E-state index is 0.0854. The number of nitrogens with one attached hydrogen (secondary N) is 1. The van der Waals surface area contributed by atoms with Crippen LogP contribution in [0.3, 0.4) is 0 Å². The number of likely N-dealkylation sites (tertiary alicyclic amines) is 1. The fraction of sp³-hybridized carbons (Fsp3) is 0.600. The third kappa shape index (κ3) is 3.76. The van der Waals surface area contributed by atoms with Crippen molar-refractivity contribution < 1.29 is 14.8 Å². The van der Waals surface area contributed by atoms with Gasteiger partial charge in [-0.3, -0.25) is 14.8 Å². The fourth-order valence-corrected chi connectivity index (χ4v) is 5.31. The van der Waals surface area contributed by atoms with Gasteiger partial charge in [0.25, 0.3) is 0 Å². The number of hydrogen-bond acceptors (Lipinski definition) is 4. The summed E-state index contributed by atoms with van der Waals surface area (Å²) in [7, 11) is 0. The maximum Gasteiger partial charge on any atom is 0.248 e. The van der Waals surface area contributed by atoms with Crippen molar-refractivity contribution in [3.63, 3.8) is 0 Å². The Morgan fingerprint density at radius 3 is 2.62 bits per heavy atom. The zero-order chi connectivity index (χ0) is 18.7. The number of hydroxylamine groups is 1. The molecule has 3 rings (SSSR count). The van der Waals surface area contributed by atoms with Gasteiger partial charge in [-0.15, -0.1) is 0 Å². The molecule has 2 amide bonds. The van der Waals surface area contributed by atoms with Crippen LogP contribution in [0.15, 0.2) is 24.3 Å². The predicted octanol–water partition coefficient (Wildman–Crippen LogP) is 2.75. The van der Waals surface area contributed by atoms with Crippen LogP contribution in [0.4, 0.5) is 0 Å². The van der Waals surface area contributed by atoms with Crippen molar-refractivity contribution >= 4 is 23.6 Å². The third-order valence-corrected chi connectivity index (χ3v) is 7.08. The van der Waals surface area contributed by atoms with Crippen LogP contribution in [0.25, 0.3) is 0 Å². The summed E-state index contributed by atoms with van der Waals surface area (Å²) >= 11 is 1.90. The molecule has 142 valence electrons. The van der Waals surface area contributed by atoms with Crippen LogP contribution in [0, 0.1) is 18.8 Å². The third-order valence-electron chi connectivity index (χ3n) is 6.03. The van der Waals surface area contributed by atoms with E-state index in [-0.39, 0.29) is 23.7 Å². The van der Waals surface area contributed by atoms with Gasteiger partial charge in [0, 0.05) is 13.1 Å². The average molecular weight is 377 g/mol. The number of rotatable bonds is 5. The number of thioether (sulfide) groups is 1. The molecule has 2 aliphatic rings. The summed E-state index contributed by atoms with van der Waals surface area (Å²) in [6.45, 7) is 5.08. The topological polar surface area (TPSA) is 69.6 Å². The number of hydrogen-bond donors (Lipinski definition) is 2. The van der Waals surface area contributed by atoms with E-state index in [1.54, 1.807) is 0 Å². The first kappa shape index (κ1) is 19.2. The number of carbonyl (C=O) groups excluding carboxylic acids is 2. The molecule has 5 nitrogen and oxygen atoms in total. The van der Waals surface area contributed by atoms with E-state index >= 15 is 0 Å². The Kier molecular flexibility index (Phi) is 5.92. The second kappa shape index (κ2) is 8.01. The summed E-state index contributed by atoms with van der Waals surface area (Å²) in [6.07, 6.45) is 2.67. The van der Waals surface area contributed by atoms with E-state index in [0.29, 0.717) is 13.1 Å². The van der Waals surface area contributed by atoms with E-state index in [4.69, 9.17) is 0 Å². The highest BCUT2D eigenvalue weighted by Gasteiger charge is 2.45. The first-order chi connectivity index (χ1) is 12.5. The lowest BCUT2D eigenvalue weighted by molar-refractivity contribution is -0.139. The molecule has 2 aliphatic heterocycles. The molecule has 2 fully saturated rings. The van der Waals surface area contributed by atoms with Crippen molar-refractivity contribution in [2.75, 3.05) is 24.6 Å². The zero-order valence-corrected chi connectivity index (χ0v) is 16.3. The highest BCUT2D eigenvalue weighted by molar-refractivity contribution is 7.99. The van der Waals surface area contributed by atoms with Crippen molar-refractivity contribution in [2.24, 2.45) is 11.8 Å². The largest absolute Gasteiger partial charge is 0.341 e. The Morgan fingerprint density at radius 2 is 2.00 bits per heavy atom. The fourth-order valence-electron chi connectivity index (χ4n) is 4.16. The summed E-state index contributed by atoms with van der Waals surface area (Å²) in [5, 5.41) is 9.17. The summed E-state index contributed by atoms with van der Waals surface area (Å²) in [5.74, 6) is 1.68. The van der Waals surface area contributed by atoms with Gasteiger partial charge in [0.05, 0.1) is 11.3 Å².